The monoisotopic (exact) mass is 265 g/mol. The van der Waals surface area contributed by atoms with Gasteiger partial charge in [0.05, 0.1) is 5.56 Å². The van der Waals surface area contributed by atoms with E-state index in [-0.39, 0.29) is 17.7 Å². The number of hydrogen-bond donors (Lipinski definition) is 1. The van der Waals surface area contributed by atoms with Crippen molar-refractivity contribution in [1.29, 1.82) is 0 Å². The van der Waals surface area contributed by atoms with Crippen LogP contribution in [0.4, 0.5) is 0 Å². The van der Waals surface area contributed by atoms with Crippen LogP contribution in [0, 0.1) is 12.8 Å². The van der Waals surface area contributed by atoms with E-state index < -0.39 is 0 Å². The standard InChI is InChI=1S/C15H23NO3/c1-9(2)10(3)16-15(18)7-6-13-8-14(11(4)17)12(5)19-13/h8-10H,6-7H2,1-5H3,(H,16,18)/t10-/m1/s1. The van der Waals surface area contributed by atoms with Crippen LogP contribution in [0.15, 0.2) is 10.5 Å². The molecule has 4 heteroatoms. The largest absolute Gasteiger partial charge is 0.466 e. The molecule has 0 aliphatic heterocycles. The third kappa shape index (κ3) is 4.54. The Bertz CT molecular complexity index is 460. The molecule has 0 aromatic carbocycles. The zero-order valence-corrected chi connectivity index (χ0v) is 12.4. The summed E-state index contributed by atoms with van der Waals surface area (Å²) in [6.07, 6.45) is 0.895. The molecular weight excluding hydrogens is 242 g/mol. The lowest BCUT2D eigenvalue weighted by Gasteiger charge is -2.17. The second-order valence-corrected chi connectivity index (χ2v) is 5.34. The maximum Gasteiger partial charge on any atom is 0.220 e. The van der Waals surface area contributed by atoms with Gasteiger partial charge in [0.15, 0.2) is 5.78 Å². The first-order valence-electron chi connectivity index (χ1n) is 6.71. The molecular formula is C15H23NO3. The molecule has 0 aliphatic rings. The molecule has 1 aromatic rings. The number of carbonyl (C=O) groups is 2. The van der Waals surface area contributed by atoms with Crippen LogP contribution >= 0.6 is 0 Å². The van der Waals surface area contributed by atoms with E-state index in [1.165, 1.54) is 6.92 Å². The van der Waals surface area contributed by atoms with Gasteiger partial charge in [-0.15, -0.1) is 0 Å². The Hall–Kier alpha value is -1.58. The Morgan fingerprint density at radius 1 is 1.32 bits per heavy atom. The zero-order chi connectivity index (χ0) is 14.6. The maximum atomic E-state index is 11.7. The highest BCUT2D eigenvalue weighted by Gasteiger charge is 2.14. The van der Waals surface area contributed by atoms with E-state index >= 15 is 0 Å². The Balaban J connectivity index is 2.51. The summed E-state index contributed by atoms with van der Waals surface area (Å²) in [4.78, 5) is 23.0. The minimum Gasteiger partial charge on any atom is -0.466 e. The third-order valence-electron chi connectivity index (χ3n) is 3.34. The van der Waals surface area contributed by atoms with Crippen molar-refractivity contribution >= 4 is 11.7 Å². The van der Waals surface area contributed by atoms with E-state index in [1.807, 2.05) is 6.92 Å². The highest BCUT2D eigenvalue weighted by Crippen LogP contribution is 2.16. The number of hydrogen-bond acceptors (Lipinski definition) is 3. The van der Waals surface area contributed by atoms with Crippen LogP contribution < -0.4 is 5.32 Å². The topological polar surface area (TPSA) is 59.3 Å². The second-order valence-electron chi connectivity index (χ2n) is 5.34. The van der Waals surface area contributed by atoms with Gasteiger partial charge in [-0.05, 0) is 32.8 Å². The summed E-state index contributed by atoms with van der Waals surface area (Å²) in [7, 11) is 0. The highest BCUT2D eigenvalue weighted by atomic mass is 16.3. The van der Waals surface area contributed by atoms with Gasteiger partial charge in [0.1, 0.15) is 11.5 Å². The summed E-state index contributed by atoms with van der Waals surface area (Å²) in [5.74, 6) is 1.73. The highest BCUT2D eigenvalue weighted by molar-refractivity contribution is 5.95. The van der Waals surface area contributed by atoms with Gasteiger partial charge in [-0.3, -0.25) is 9.59 Å². The molecule has 1 heterocycles. The van der Waals surface area contributed by atoms with E-state index in [1.54, 1.807) is 13.0 Å². The first-order valence-corrected chi connectivity index (χ1v) is 6.71. The predicted octanol–water partition coefficient (Wildman–Crippen LogP) is 2.88. The fraction of sp³-hybridized carbons (Fsp3) is 0.600. The van der Waals surface area contributed by atoms with Crippen LogP contribution in [0.2, 0.25) is 0 Å². The van der Waals surface area contributed by atoms with Crippen molar-refractivity contribution in [1.82, 2.24) is 5.32 Å². The average Bonchev–Trinajstić information content (AvgIpc) is 2.68. The summed E-state index contributed by atoms with van der Waals surface area (Å²) >= 11 is 0. The van der Waals surface area contributed by atoms with Gasteiger partial charge in [-0.1, -0.05) is 13.8 Å². The summed E-state index contributed by atoms with van der Waals surface area (Å²) in [5, 5.41) is 2.95. The summed E-state index contributed by atoms with van der Waals surface area (Å²) in [6, 6.07) is 1.90. The number of nitrogens with one attached hydrogen (secondary N) is 1. The molecule has 0 spiro atoms. The van der Waals surface area contributed by atoms with Gasteiger partial charge in [0, 0.05) is 18.9 Å². The van der Waals surface area contributed by atoms with Crippen molar-refractivity contribution in [3.05, 3.63) is 23.2 Å². The third-order valence-corrected chi connectivity index (χ3v) is 3.34. The first-order chi connectivity index (χ1) is 8.81. The SMILES string of the molecule is CC(=O)c1cc(CCC(=O)N[C@H](C)C(C)C)oc1C. The summed E-state index contributed by atoms with van der Waals surface area (Å²) in [5.41, 5.74) is 0.603. The average molecular weight is 265 g/mol. The molecule has 0 fully saturated rings. The van der Waals surface area contributed by atoms with Gasteiger partial charge in [-0.25, -0.2) is 0 Å². The van der Waals surface area contributed by atoms with Crippen molar-refractivity contribution in [2.75, 3.05) is 0 Å². The molecule has 0 saturated heterocycles. The first kappa shape index (κ1) is 15.5. The van der Waals surface area contributed by atoms with E-state index in [0.29, 0.717) is 35.8 Å². The van der Waals surface area contributed by atoms with E-state index in [0.717, 1.165) is 0 Å². The van der Waals surface area contributed by atoms with Crippen LogP contribution in [-0.2, 0) is 11.2 Å². The minimum atomic E-state index is -0.00891. The van der Waals surface area contributed by atoms with Crippen LogP contribution in [0.1, 0.15) is 56.0 Å². The van der Waals surface area contributed by atoms with Gasteiger partial charge < -0.3 is 9.73 Å². The number of ketones is 1. The smallest absolute Gasteiger partial charge is 0.220 e. The summed E-state index contributed by atoms with van der Waals surface area (Å²) in [6.45, 7) is 9.41. The Kier molecular flexibility index (Phi) is 5.33. The lowest BCUT2D eigenvalue weighted by atomic mass is 10.1. The van der Waals surface area contributed by atoms with Gasteiger partial charge in [0.2, 0.25) is 5.91 Å². The molecule has 0 aliphatic carbocycles. The molecule has 1 rings (SSSR count). The summed E-state index contributed by atoms with van der Waals surface area (Å²) < 4.78 is 5.48. The maximum absolute atomic E-state index is 11.7. The van der Waals surface area contributed by atoms with Crippen LogP contribution in [0.5, 0.6) is 0 Å². The van der Waals surface area contributed by atoms with Crippen molar-refractivity contribution in [2.24, 2.45) is 5.92 Å². The fourth-order valence-electron chi connectivity index (χ4n) is 1.75. The minimum absolute atomic E-state index is 0.00891. The molecule has 0 bridgehead atoms. The van der Waals surface area contributed by atoms with E-state index in [9.17, 15) is 9.59 Å². The van der Waals surface area contributed by atoms with Crippen molar-refractivity contribution in [2.45, 2.75) is 53.5 Å². The zero-order valence-electron chi connectivity index (χ0n) is 12.4. The van der Waals surface area contributed by atoms with E-state index in [4.69, 9.17) is 4.42 Å². The Labute approximate surface area is 114 Å². The van der Waals surface area contributed by atoms with Crippen LogP contribution in [0.25, 0.3) is 0 Å². The number of carbonyl (C=O) groups excluding carboxylic acids is 2. The molecule has 19 heavy (non-hydrogen) atoms. The number of furan rings is 1. The molecule has 106 valence electrons. The predicted molar refractivity (Wildman–Crippen MR) is 74.2 cm³/mol. The lowest BCUT2D eigenvalue weighted by molar-refractivity contribution is -0.122. The lowest BCUT2D eigenvalue weighted by Crippen LogP contribution is -2.36. The van der Waals surface area contributed by atoms with Crippen molar-refractivity contribution in [3.8, 4) is 0 Å². The second kappa shape index (κ2) is 6.55. The molecule has 1 amide bonds. The number of aryl methyl sites for hydroxylation is 2. The quantitative estimate of drug-likeness (QED) is 0.804. The van der Waals surface area contributed by atoms with Gasteiger partial charge in [-0.2, -0.15) is 0 Å². The molecule has 0 radical (unpaired) electrons. The number of amides is 1. The molecule has 0 unspecified atom stereocenters. The molecule has 0 saturated carbocycles. The molecule has 4 nitrogen and oxygen atoms in total. The normalized spacial score (nSPS) is 12.5. The number of Topliss-reactive ketones (excluding diaryl/α,β-unsaturated/α-hetero) is 1. The Morgan fingerprint density at radius 2 is 1.95 bits per heavy atom. The van der Waals surface area contributed by atoms with Gasteiger partial charge >= 0.3 is 0 Å². The van der Waals surface area contributed by atoms with Crippen LogP contribution in [-0.4, -0.2) is 17.7 Å². The molecule has 1 aromatic heterocycles. The Morgan fingerprint density at radius 3 is 2.42 bits per heavy atom. The van der Waals surface area contributed by atoms with Crippen molar-refractivity contribution < 1.29 is 14.0 Å². The molecule has 1 N–H and O–H groups in total. The van der Waals surface area contributed by atoms with Crippen molar-refractivity contribution in [3.63, 3.8) is 0 Å². The molecule has 1 atom stereocenters. The van der Waals surface area contributed by atoms with Crippen LogP contribution in [0.3, 0.4) is 0 Å². The number of rotatable bonds is 6. The van der Waals surface area contributed by atoms with E-state index in [2.05, 4.69) is 19.2 Å². The van der Waals surface area contributed by atoms with Gasteiger partial charge in [0.25, 0.3) is 0 Å². The fourth-order valence-corrected chi connectivity index (χ4v) is 1.75.